The zero-order chi connectivity index (χ0) is 13.7. The Kier molecular flexibility index (Phi) is 4.57. The van der Waals surface area contributed by atoms with E-state index >= 15 is 0 Å². The van der Waals surface area contributed by atoms with E-state index in [1.54, 1.807) is 25.1 Å². The quantitative estimate of drug-likeness (QED) is 0.622. The lowest BCUT2D eigenvalue weighted by Gasteiger charge is -1.97. The van der Waals surface area contributed by atoms with Gasteiger partial charge in [-0.2, -0.15) is 0 Å². The van der Waals surface area contributed by atoms with Crippen LogP contribution in [0.1, 0.15) is 23.2 Å². The lowest BCUT2D eigenvalue weighted by Crippen LogP contribution is -2.04. The summed E-state index contributed by atoms with van der Waals surface area (Å²) >= 11 is 1.47. The predicted molar refractivity (Wildman–Crippen MR) is 68.4 cm³/mol. The third-order valence-electron chi connectivity index (χ3n) is 2.24. The number of hydrogen-bond donors (Lipinski definition) is 0. The Morgan fingerprint density at radius 3 is 2.84 bits per heavy atom. The first kappa shape index (κ1) is 13.6. The Bertz CT molecular complexity index is 553. The molecule has 0 N–H and O–H groups in total. The number of carbonyl (C=O) groups excluding carboxylic acids is 1. The monoisotopic (exact) mass is 281 g/mol. The van der Waals surface area contributed by atoms with Gasteiger partial charge in [0.05, 0.1) is 12.4 Å². The molecule has 2 aromatic rings. The molecule has 0 atom stereocenters. The molecule has 1 aromatic heterocycles. The van der Waals surface area contributed by atoms with E-state index in [0.29, 0.717) is 18.1 Å². The molecule has 2 rings (SSSR count). The fourth-order valence-electron chi connectivity index (χ4n) is 1.37. The van der Waals surface area contributed by atoms with Gasteiger partial charge in [0, 0.05) is 11.0 Å². The van der Waals surface area contributed by atoms with Crippen LogP contribution in [0.15, 0.2) is 39.8 Å². The number of carbonyl (C=O) groups is 1. The van der Waals surface area contributed by atoms with Gasteiger partial charge in [0.15, 0.2) is 5.69 Å². The smallest absolute Gasteiger partial charge is 0.360 e. The number of halogens is 1. The van der Waals surface area contributed by atoms with Gasteiger partial charge in [-0.05, 0) is 31.2 Å². The molecular formula is C13H12FNO3S. The van der Waals surface area contributed by atoms with Crippen LogP contribution in [0.25, 0.3) is 0 Å². The maximum Gasteiger partial charge on any atom is 0.360 e. The van der Waals surface area contributed by atoms with Gasteiger partial charge in [-0.3, -0.25) is 0 Å². The van der Waals surface area contributed by atoms with Crippen molar-refractivity contribution >= 4 is 17.7 Å². The van der Waals surface area contributed by atoms with Crippen LogP contribution in [0.4, 0.5) is 4.39 Å². The molecule has 0 spiro atoms. The van der Waals surface area contributed by atoms with E-state index in [9.17, 15) is 9.18 Å². The Balaban J connectivity index is 1.93. The molecular weight excluding hydrogens is 269 g/mol. The molecule has 100 valence electrons. The number of aromatic nitrogens is 1. The first-order valence-electron chi connectivity index (χ1n) is 5.70. The van der Waals surface area contributed by atoms with Crippen molar-refractivity contribution in [3.63, 3.8) is 0 Å². The Hall–Kier alpha value is -1.82. The normalized spacial score (nSPS) is 10.4. The standard InChI is InChI=1S/C13H12FNO3S/c1-2-17-13(16)12-7-10(18-15-12)8-19-11-5-3-9(14)4-6-11/h3-7H,2,8H2,1H3. The predicted octanol–water partition coefficient (Wildman–Crippen LogP) is 3.28. The van der Waals surface area contributed by atoms with Gasteiger partial charge in [0.1, 0.15) is 11.6 Å². The second kappa shape index (κ2) is 6.38. The van der Waals surface area contributed by atoms with Crippen LogP contribution in [-0.4, -0.2) is 17.7 Å². The van der Waals surface area contributed by atoms with E-state index in [2.05, 4.69) is 5.16 Å². The lowest BCUT2D eigenvalue weighted by atomic mass is 10.3. The number of rotatable bonds is 5. The van der Waals surface area contributed by atoms with Crippen LogP contribution in [0.5, 0.6) is 0 Å². The first-order chi connectivity index (χ1) is 9.19. The Morgan fingerprint density at radius 2 is 2.16 bits per heavy atom. The topological polar surface area (TPSA) is 52.3 Å². The van der Waals surface area contributed by atoms with E-state index < -0.39 is 5.97 Å². The van der Waals surface area contributed by atoms with Crippen LogP contribution in [-0.2, 0) is 10.5 Å². The molecule has 0 radical (unpaired) electrons. The van der Waals surface area contributed by atoms with Crippen molar-refractivity contribution in [1.29, 1.82) is 0 Å². The zero-order valence-electron chi connectivity index (χ0n) is 10.3. The molecule has 0 aliphatic heterocycles. The summed E-state index contributed by atoms with van der Waals surface area (Å²) in [6.07, 6.45) is 0. The minimum atomic E-state index is -0.496. The molecule has 0 amide bonds. The van der Waals surface area contributed by atoms with Gasteiger partial charge in [-0.15, -0.1) is 11.8 Å². The van der Waals surface area contributed by atoms with Crippen LogP contribution >= 0.6 is 11.8 Å². The second-order valence-corrected chi connectivity index (χ2v) is 4.69. The minimum absolute atomic E-state index is 0.163. The van der Waals surface area contributed by atoms with Crippen molar-refractivity contribution in [2.45, 2.75) is 17.6 Å². The van der Waals surface area contributed by atoms with Crippen LogP contribution in [0.2, 0.25) is 0 Å². The lowest BCUT2D eigenvalue weighted by molar-refractivity contribution is 0.0514. The van der Waals surface area contributed by atoms with Crippen LogP contribution in [0, 0.1) is 5.82 Å². The summed E-state index contributed by atoms with van der Waals surface area (Å²) in [6, 6.07) is 7.71. The average Bonchev–Trinajstić information content (AvgIpc) is 2.87. The van der Waals surface area contributed by atoms with Crippen molar-refractivity contribution in [2.24, 2.45) is 0 Å². The third kappa shape index (κ3) is 3.82. The summed E-state index contributed by atoms with van der Waals surface area (Å²) in [5.74, 6) is 0.313. The van der Waals surface area contributed by atoms with Crippen molar-refractivity contribution in [1.82, 2.24) is 5.16 Å². The molecule has 1 aromatic carbocycles. The van der Waals surface area contributed by atoms with Crippen molar-refractivity contribution in [3.8, 4) is 0 Å². The van der Waals surface area contributed by atoms with Gasteiger partial charge in [-0.1, -0.05) is 5.16 Å². The molecule has 19 heavy (non-hydrogen) atoms. The van der Waals surface area contributed by atoms with E-state index in [-0.39, 0.29) is 11.5 Å². The van der Waals surface area contributed by atoms with Gasteiger partial charge >= 0.3 is 5.97 Å². The molecule has 0 fully saturated rings. The minimum Gasteiger partial charge on any atom is -0.461 e. The molecule has 0 aliphatic carbocycles. The maximum atomic E-state index is 12.7. The number of esters is 1. The summed E-state index contributed by atoms with van der Waals surface area (Å²) in [6.45, 7) is 2.02. The summed E-state index contributed by atoms with van der Waals surface area (Å²) < 4.78 is 22.6. The van der Waals surface area contributed by atoms with E-state index in [1.807, 2.05) is 0 Å². The SMILES string of the molecule is CCOC(=O)c1cc(CSc2ccc(F)cc2)on1. The van der Waals surface area contributed by atoms with E-state index in [1.165, 1.54) is 23.9 Å². The highest BCUT2D eigenvalue weighted by atomic mass is 32.2. The Morgan fingerprint density at radius 1 is 1.42 bits per heavy atom. The zero-order valence-corrected chi connectivity index (χ0v) is 11.1. The van der Waals surface area contributed by atoms with Gasteiger partial charge < -0.3 is 9.26 Å². The summed E-state index contributed by atoms with van der Waals surface area (Å²) in [4.78, 5) is 12.3. The average molecular weight is 281 g/mol. The molecule has 0 saturated carbocycles. The fraction of sp³-hybridized carbons (Fsp3) is 0.231. The van der Waals surface area contributed by atoms with Gasteiger partial charge in [-0.25, -0.2) is 9.18 Å². The van der Waals surface area contributed by atoms with Crippen molar-refractivity contribution < 1.29 is 18.4 Å². The van der Waals surface area contributed by atoms with Gasteiger partial charge in [0.2, 0.25) is 0 Å². The van der Waals surface area contributed by atoms with E-state index in [0.717, 1.165) is 4.90 Å². The Labute approximate surface area is 113 Å². The summed E-state index contributed by atoms with van der Waals surface area (Å²) in [5.41, 5.74) is 0.163. The highest BCUT2D eigenvalue weighted by Gasteiger charge is 2.13. The number of benzene rings is 1. The van der Waals surface area contributed by atoms with Gasteiger partial charge in [0.25, 0.3) is 0 Å². The number of thioether (sulfide) groups is 1. The van der Waals surface area contributed by atoms with Crippen molar-refractivity contribution in [3.05, 3.63) is 47.6 Å². The molecule has 1 heterocycles. The van der Waals surface area contributed by atoms with E-state index in [4.69, 9.17) is 9.26 Å². The highest BCUT2D eigenvalue weighted by molar-refractivity contribution is 7.98. The summed E-state index contributed by atoms with van der Waals surface area (Å²) in [5, 5.41) is 3.64. The van der Waals surface area contributed by atoms with Crippen molar-refractivity contribution in [2.75, 3.05) is 6.61 Å². The molecule has 6 heteroatoms. The number of nitrogens with zero attached hydrogens (tertiary/aromatic N) is 1. The highest BCUT2D eigenvalue weighted by Crippen LogP contribution is 2.23. The third-order valence-corrected chi connectivity index (χ3v) is 3.27. The second-order valence-electron chi connectivity index (χ2n) is 3.64. The molecule has 0 bridgehead atoms. The van der Waals surface area contributed by atoms with Crippen LogP contribution in [0.3, 0.4) is 0 Å². The fourth-order valence-corrected chi connectivity index (χ4v) is 2.14. The number of hydrogen-bond acceptors (Lipinski definition) is 5. The summed E-state index contributed by atoms with van der Waals surface area (Å²) in [7, 11) is 0. The number of ether oxygens (including phenoxy) is 1. The first-order valence-corrected chi connectivity index (χ1v) is 6.68. The van der Waals surface area contributed by atoms with Crippen LogP contribution < -0.4 is 0 Å². The molecule has 0 aliphatic rings. The molecule has 0 saturated heterocycles. The largest absolute Gasteiger partial charge is 0.461 e. The molecule has 0 unspecified atom stereocenters. The molecule has 4 nitrogen and oxygen atoms in total. The maximum absolute atomic E-state index is 12.7.